The number of benzene rings is 1. The number of hydrazone groups is 1. The first-order chi connectivity index (χ1) is 15.8. The van der Waals surface area contributed by atoms with Crippen LogP contribution in [0.5, 0.6) is 17.4 Å². The van der Waals surface area contributed by atoms with E-state index in [1.807, 2.05) is 0 Å². The maximum Gasteiger partial charge on any atom is 0.331 e. The number of carbonyl (C=O) groups excluding carboxylic acids is 1. The first kappa shape index (κ1) is 22.6. The summed E-state index contributed by atoms with van der Waals surface area (Å²) in [5.41, 5.74) is -0.576. The van der Waals surface area contributed by atoms with Crippen molar-refractivity contribution in [2.24, 2.45) is 5.10 Å². The van der Waals surface area contributed by atoms with Crippen LogP contribution in [0.1, 0.15) is 68.7 Å². The number of aromatic amines is 1. The average molecular weight is 456 g/mol. The quantitative estimate of drug-likeness (QED) is 0.712. The van der Waals surface area contributed by atoms with E-state index < -0.39 is 23.2 Å². The van der Waals surface area contributed by atoms with Gasteiger partial charge in [0.15, 0.2) is 0 Å². The number of hydrogen-bond acceptors (Lipinski definition) is 7. The second-order valence-corrected chi connectivity index (χ2v) is 8.36. The van der Waals surface area contributed by atoms with Crippen LogP contribution in [0.15, 0.2) is 32.9 Å². The molecular weight excluding hydrogens is 428 g/mol. The second kappa shape index (κ2) is 9.13. The third-order valence-corrected chi connectivity index (χ3v) is 6.38. The molecule has 10 heteroatoms. The third-order valence-electron chi connectivity index (χ3n) is 6.38. The van der Waals surface area contributed by atoms with E-state index in [2.05, 4.69) is 10.1 Å². The predicted molar refractivity (Wildman–Crippen MR) is 121 cm³/mol. The van der Waals surface area contributed by atoms with E-state index in [1.165, 1.54) is 30.7 Å². The molecule has 0 radical (unpaired) electrons. The number of amides is 1. The molecule has 2 aromatic rings. The van der Waals surface area contributed by atoms with Gasteiger partial charge in [0, 0.05) is 24.9 Å². The number of methoxy groups -OCH3 is 2. The van der Waals surface area contributed by atoms with Crippen LogP contribution < -0.4 is 20.7 Å². The molecule has 2 aliphatic rings. The molecule has 2 heterocycles. The van der Waals surface area contributed by atoms with Gasteiger partial charge in [-0.3, -0.25) is 19.1 Å². The van der Waals surface area contributed by atoms with Gasteiger partial charge in [-0.25, -0.2) is 9.80 Å². The Bertz CT molecular complexity index is 1210. The molecule has 33 heavy (non-hydrogen) atoms. The maximum atomic E-state index is 12.8. The molecular formula is C23H28N4O6. The van der Waals surface area contributed by atoms with Gasteiger partial charge in [-0.1, -0.05) is 19.3 Å². The number of ether oxygens (including phenoxy) is 2. The zero-order valence-corrected chi connectivity index (χ0v) is 19.0. The van der Waals surface area contributed by atoms with Crippen molar-refractivity contribution in [2.75, 3.05) is 14.2 Å². The Hall–Kier alpha value is -3.56. The smallest absolute Gasteiger partial charge is 0.331 e. The van der Waals surface area contributed by atoms with Crippen LogP contribution in [0.25, 0.3) is 0 Å². The van der Waals surface area contributed by atoms with Crippen molar-refractivity contribution in [1.82, 2.24) is 14.6 Å². The van der Waals surface area contributed by atoms with Gasteiger partial charge in [-0.2, -0.15) is 5.10 Å². The van der Waals surface area contributed by atoms with Crippen LogP contribution >= 0.6 is 0 Å². The molecule has 1 aromatic carbocycles. The van der Waals surface area contributed by atoms with Gasteiger partial charge in [-0.15, -0.1) is 0 Å². The number of aromatic hydroxyl groups is 1. The van der Waals surface area contributed by atoms with Gasteiger partial charge < -0.3 is 14.6 Å². The largest absolute Gasteiger partial charge is 0.497 e. The van der Waals surface area contributed by atoms with E-state index in [1.54, 1.807) is 18.2 Å². The summed E-state index contributed by atoms with van der Waals surface area (Å²) < 4.78 is 12.1. The van der Waals surface area contributed by atoms with Crippen molar-refractivity contribution in [3.8, 4) is 17.4 Å². The summed E-state index contributed by atoms with van der Waals surface area (Å²) in [7, 11) is 3.06. The van der Waals surface area contributed by atoms with Crippen molar-refractivity contribution in [3.63, 3.8) is 0 Å². The number of hydrogen-bond donors (Lipinski definition) is 2. The zero-order valence-electron chi connectivity index (χ0n) is 19.0. The first-order valence-corrected chi connectivity index (χ1v) is 11.0. The van der Waals surface area contributed by atoms with Crippen molar-refractivity contribution in [3.05, 3.63) is 50.2 Å². The molecule has 0 spiro atoms. The summed E-state index contributed by atoms with van der Waals surface area (Å²) in [5.74, 6) is 0.371. The molecule has 1 unspecified atom stereocenters. The summed E-state index contributed by atoms with van der Waals surface area (Å²) in [6, 6.07) is 4.47. The molecule has 0 saturated heterocycles. The van der Waals surface area contributed by atoms with Crippen LogP contribution in [0.4, 0.5) is 0 Å². The average Bonchev–Trinajstić information content (AvgIpc) is 3.24. The minimum atomic E-state index is -0.731. The number of H-pyrrole nitrogens is 1. The molecule has 1 aromatic heterocycles. The standard InChI is InChI=1S/C23H28N4O6/c1-13(28)27-18(16-11-15(32-2)9-10-19(16)33-3)12-17(25-27)20-21(29)24-23(31)26(22(20)30)14-7-5-4-6-8-14/h9-11,14,18,30H,4-8,12H2,1-3H3,(H,24,29,31). The van der Waals surface area contributed by atoms with Crippen LogP contribution in [-0.2, 0) is 4.79 Å². The highest BCUT2D eigenvalue weighted by Gasteiger charge is 2.36. The Kier molecular flexibility index (Phi) is 6.26. The Morgan fingerprint density at radius 2 is 1.88 bits per heavy atom. The highest BCUT2D eigenvalue weighted by Crippen LogP contribution is 2.40. The summed E-state index contributed by atoms with van der Waals surface area (Å²) in [4.78, 5) is 40.1. The monoisotopic (exact) mass is 456 g/mol. The second-order valence-electron chi connectivity index (χ2n) is 8.36. The minimum absolute atomic E-state index is 0.0872. The van der Waals surface area contributed by atoms with E-state index in [9.17, 15) is 19.5 Å². The molecule has 1 amide bonds. The molecule has 4 rings (SSSR count). The summed E-state index contributed by atoms with van der Waals surface area (Å²) in [6.45, 7) is 1.37. The topological polar surface area (TPSA) is 126 Å². The minimum Gasteiger partial charge on any atom is -0.497 e. The van der Waals surface area contributed by atoms with Gasteiger partial charge in [0.1, 0.15) is 17.1 Å². The fraction of sp³-hybridized carbons (Fsp3) is 0.478. The highest BCUT2D eigenvalue weighted by molar-refractivity contribution is 6.04. The third kappa shape index (κ3) is 4.12. The molecule has 1 aliphatic heterocycles. The molecule has 1 aliphatic carbocycles. The lowest BCUT2D eigenvalue weighted by atomic mass is 9.94. The Morgan fingerprint density at radius 3 is 2.52 bits per heavy atom. The lowest BCUT2D eigenvalue weighted by molar-refractivity contribution is -0.130. The Morgan fingerprint density at radius 1 is 1.15 bits per heavy atom. The molecule has 1 saturated carbocycles. The molecule has 0 bridgehead atoms. The summed E-state index contributed by atoms with van der Waals surface area (Å²) in [5, 5.41) is 16.7. The molecule has 1 fully saturated rings. The van der Waals surface area contributed by atoms with Crippen LogP contribution in [-0.4, -0.2) is 45.5 Å². The van der Waals surface area contributed by atoms with Crippen LogP contribution in [0, 0.1) is 0 Å². The van der Waals surface area contributed by atoms with Crippen molar-refractivity contribution in [1.29, 1.82) is 0 Å². The highest BCUT2D eigenvalue weighted by atomic mass is 16.5. The zero-order chi connectivity index (χ0) is 23.7. The van der Waals surface area contributed by atoms with Gasteiger partial charge >= 0.3 is 5.69 Å². The molecule has 10 nitrogen and oxygen atoms in total. The van der Waals surface area contributed by atoms with Crippen LogP contribution in [0.2, 0.25) is 0 Å². The normalized spacial score (nSPS) is 18.8. The maximum absolute atomic E-state index is 12.8. The SMILES string of the molecule is COc1ccc(OC)c(C2CC(c3c(O)n(C4CCCCC4)c(=O)[nH]c3=O)=NN2C(C)=O)c1. The summed E-state index contributed by atoms with van der Waals surface area (Å²) >= 11 is 0. The van der Waals surface area contributed by atoms with E-state index in [4.69, 9.17) is 9.47 Å². The molecule has 1 atom stereocenters. The number of carbonyl (C=O) groups is 1. The fourth-order valence-electron chi connectivity index (χ4n) is 4.77. The number of nitrogens with one attached hydrogen (secondary N) is 1. The van der Waals surface area contributed by atoms with E-state index in [-0.39, 0.29) is 29.6 Å². The first-order valence-electron chi connectivity index (χ1n) is 11.0. The lowest BCUT2D eigenvalue weighted by Gasteiger charge is -2.25. The van der Waals surface area contributed by atoms with Gasteiger partial charge in [0.2, 0.25) is 11.8 Å². The van der Waals surface area contributed by atoms with Gasteiger partial charge in [0.05, 0.1) is 26.0 Å². The van der Waals surface area contributed by atoms with Crippen molar-refractivity contribution < 1.29 is 19.4 Å². The van der Waals surface area contributed by atoms with Gasteiger partial charge in [-0.05, 0) is 31.0 Å². The van der Waals surface area contributed by atoms with Gasteiger partial charge in [0.25, 0.3) is 5.56 Å². The summed E-state index contributed by atoms with van der Waals surface area (Å²) in [6.07, 6.45) is 4.61. The lowest BCUT2D eigenvalue weighted by Crippen LogP contribution is -2.36. The van der Waals surface area contributed by atoms with E-state index in [0.717, 1.165) is 32.1 Å². The van der Waals surface area contributed by atoms with E-state index >= 15 is 0 Å². The van der Waals surface area contributed by atoms with Crippen LogP contribution in [0.3, 0.4) is 0 Å². The number of rotatable bonds is 5. The molecule has 2 N–H and O–H groups in total. The Labute approximate surface area is 190 Å². The van der Waals surface area contributed by atoms with E-state index in [0.29, 0.717) is 17.1 Å². The number of nitrogens with zero attached hydrogens (tertiary/aromatic N) is 3. The predicted octanol–water partition coefficient (Wildman–Crippen LogP) is 2.46. The Balaban J connectivity index is 1.80. The van der Waals surface area contributed by atoms with Crippen molar-refractivity contribution in [2.45, 2.75) is 57.5 Å². The number of aromatic nitrogens is 2. The molecule has 176 valence electrons. The van der Waals surface area contributed by atoms with Crippen molar-refractivity contribution >= 4 is 11.6 Å². The fourth-order valence-corrected chi connectivity index (χ4v) is 4.77.